The van der Waals surface area contributed by atoms with Gasteiger partial charge in [0.25, 0.3) is 0 Å². The lowest BCUT2D eigenvalue weighted by Crippen LogP contribution is -2.03. The third-order valence-corrected chi connectivity index (χ3v) is 6.53. The fraction of sp³-hybridized carbons (Fsp3) is 0.174. The van der Waals surface area contributed by atoms with Crippen LogP contribution in [-0.4, -0.2) is 14.0 Å². The number of hydrogen-bond donors (Lipinski definition) is 0. The highest BCUT2D eigenvalue weighted by molar-refractivity contribution is 7.83. The zero-order chi connectivity index (χ0) is 19.5. The minimum absolute atomic E-state index is 0.405. The van der Waals surface area contributed by atoms with Crippen LogP contribution in [0.3, 0.4) is 0 Å². The van der Waals surface area contributed by atoms with Gasteiger partial charge in [0, 0.05) is 22.1 Å². The van der Waals surface area contributed by atoms with Crippen molar-refractivity contribution in [3.63, 3.8) is 0 Å². The van der Waals surface area contributed by atoms with Crippen molar-refractivity contribution in [2.75, 3.05) is 0 Å². The number of aromatic nitrogens is 2. The summed E-state index contributed by atoms with van der Waals surface area (Å²) in [5, 5.41) is 7.46. The van der Waals surface area contributed by atoms with Crippen LogP contribution in [-0.2, 0) is 28.9 Å². The fourth-order valence-electron chi connectivity index (χ4n) is 3.42. The van der Waals surface area contributed by atoms with Gasteiger partial charge in [0.15, 0.2) is 0 Å². The smallest absolute Gasteiger partial charge is 0.131 e. The van der Waals surface area contributed by atoms with Gasteiger partial charge in [-0.25, -0.2) is 4.68 Å². The SMILES string of the molecule is Cc1nn(Cc2ccccc2)c(Cl)c1CS(=O)Cc1cccc2ccccc12. The number of hydrogen-bond acceptors (Lipinski definition) is 2. The van der Waals surface area contributed by atoms with Gasteiger partial charge < -0.3 is 0 Å². The van der Waals surface area contributed by atoms with E-state index in [9.17, 15) is 4.21 Å². The molecule has 4 aromatic rings. The highest BCUT2D eigenvalue weighted by Gasteiger charge is 2.17. The first-order chi connectivity index (χ1) is 13.6. The molecule has 0 N–H and O–H groups in total. The van der Waals surface area contributed by atoms with Crippen molar-refractivity contribution < 1.29 is 4.21 Å². The summed E-state index contributed by atoms with van der Waals surface area (Å²) in [6, 6.07) is 24.4. The average Bonchev–Trinajstić information content (AvgIpc) is 2.96. The van der Waals surface area contributed by atoms with Crippen molar-refractivity contribution in [1.82, 2.24) is 9.78 Å². The van der Waals surface area contributed by atoms with Crippen LogP contribution in [0.4, 0.5) is 0 Å². The number of benzene rings is 3. The molecule has 0 aliphatic heterocycles. The van der Waals surface area contributed by atoms with Crippen LogP contribution in [0.2, 0.25) is 5.15 Å². The van der Waals surface area contributed by atoms with Gasteiger partial charge in [-0.05, 0) is 28.8 Å². The van der Waals surface area contributed by atoms with E-state index in [1.807, 2.05) is 61.5 Å². The molecule has 0 spiro atoms. The van der Waals surface area contributed by atoms with E-state index in [2.05, 4.69) is 23.3 Å². The molecule has 4 rings (SSSR count). The maximum absolute atomic E-state index is 12.9. The summed E-state index contributed by atoms with van der Waals surface area (Å²) in [7, 11) is -1.07. The molecule has 0 aliphatic carbocycles. The van der Waals surface area contributed by atoms with Crippen molar-refractivity contribution >= 4 is 33.2 Å². The first-order valence-corrected chi connectivity index (χ1v) is 11.1. The van der Waals surface area contributed by atoms with E-state index in [1.54, 1.807) is 4.68 Å². The van der Waals surface area contributed by atoms with E-state index in [0.717, 1.165) is 27.8 Å². The molecule has 5 heteroatoms. The summed E-state index contributed by atoms with van der Waals surface area (Å²) in [6.07, 6.45) is 0. The molecule has 3 aromatic carbocycles. The Bertz CT molecular complexity index is 1130. The van der Waals surface area contributed by atoms with Gasteiger partial charge in [-0.1, -0.05) is 84.4 Å². The lowest BCUT2D eigenvalue weighted by molar-refractivity contribution is 0.679. The van der Waals surface area contributed by atoms with Crippen molar-refractivity contribution in [3.05, 3.63) is 100 Å². The van der Waals surface area contributed by atoms with Crippen LogP contribution in [0, 0.1) is 6.92 Å². The standard InChI is InChI=1S/C23H21ClN2OS/c1-17-22(23(24)26(25-17)14-18-8-3-2-4-9-18)16-28(27)15-20-12-7-11-19-10-5-6-13-21(19)20/h2-13H,14-16H2,1H3. The molecule has 0 saturated heterocycles. The second-order valence-corrected chi connectivity index (χ2v) is 8.68. The van der Waals surface area contributed by atoms with E-state index in [1.165, 1.54) is 5.39 Å². The molecule has 0 radical (unpaired) electrons. The number of fused-ring (bicyclic) bond motifs is 1. The summed E-state index contributed by atoms with van der Waals surface area (Å²) >= 11 is 6.59. The molecule has 1 unspecified atom stereocenters. The zero-order valence-electron chi connectivity index (χ0n) is 15.6. The van der Waals surface area contributed by atoms with Crippen LogP contribution in [0.25, 0.3) is 10.8 Å². The number of rotatable bonds is 6. The fourth-order valence-corrected chi connectivity index (χ4v) is 5.17. The lowest BCUT2D eigenvalue weighted by atomic mass is 10.1. The Morgan fingerprint density at radius 1 is 0.929 bits per heavy atom. The first kappa shape index (κ1) is 18.9. The van der Waals surface area contributed by atoms with Gasteiger partial charge in [0.1, 0.15) is 5.15 Å². The second-order valence-electron chi connectivity index (χ2n) is 6.86. The summed E-state index contributed by atoms with van der Waals surface area (Å²) < 4.78 is 14.7. The highest BCUT2D eigenvalue weighted by Crippen LogP contribution is 2.25. The van der Waals surface area contributed by atoms with E-state index in [0.29, 0.717) is 23.2 Å². The quantitative estimate of drug-likeness (QED) is 0.422. The number of halogens is 1. The molecule has 28 heavy (non-hydrogen) atoms. The van der Waals surface area contributed by atoms with E-state index >= 15 is 0 Å². The Morgan fingerprint density at radius 3 is 2.46 bits per heavy atom. The van der Waals surface area contributed by atoms with E-state index in [4.69, 9.17) is 11.6 Å². The van der Waals surface area contributed by atoms with E-state index in [-0.39, 0.29) is 0 Å². The minimum atomic E-state index is -1.07. The Balaban J connectivity index is 1.53. The van der Waals surface area contributed by atoms with Crippen molar-refractivity contribution in [2.45, 2.75) is 25.0 Å². The van der Waals surface area contributed by atoms with E-state index < -0.39 is 10.8 Å². The molecule has 0 aliphatic rings. The Hall–Kier alpha value is -2.43. The minimum Gasteiger partial charge on any atom is -0.259 e. The third-order valence-electron chi connectivity index (χ3n) is 4.86. The number of nitrogens with zero attached hydrogens (tertiary/aromatic N) is 2. The number of aryl methyl sites for hydroxylation is 1. The second kappa shape index (κ2) is 8.29. The van der Waals surface area contributed by atoms with Crippen molar-refractivity contribution in [2.24, 2.45) is 0 Å². The maximum Gasteiger partial charge on any atom is 0.131 e. The molecule has 142 valence electrons. The monoisotopic (exact) mass is 408 g/mol. The lowest BCUT2D eigenvalue weighted by Gasteiger charge is -2.07. The summed E-state index contributed by atoms with van der Waals surface area (Å²) in [4.78, 5) is 0. The predicted molar refractivity (Wildman–Crippen MR) is 117 cm³/mol. The predicted octanol–water partition coefficient (Wildman–Crippen LogP) is 5.50. The van der Waals surface area contributed by atoms with Crippen LogP contribution in [0.15, 0.2) is 72.8 Å². The molecule has 1 heterocycles. The Kier molecular flexibility index (Phi) is 5.60. The molecule has 0 bridgehead atoms. The molecule has 1 atom stereocenters. The summed E-state index contributed by atoms with van der Waals surface area (Å²) in [6.45, 7) is 2.54. The highest BCUT2D eigenvalue weighted by atomic mass is 35.5. The molecule has 0 fully saturated rings. The molecule has 3 nitrogen and oxygen atoms in total. The molecular weight excluding hydrogens is 388 g/mol. The molecule has 0 saturated carbocycles. The van der Waals surface area contributed by atoms with Gasteiger partial charge in [-0.2, -0.15) is 5.10 Å². The van der Waals surface area contributed by atoms with Gasteiger partial charge >= 0.3 is 0 Å². The molecular formula is C23H21ClN2OS. The zero-order valence-corrected chi connectivity index (χ0v) is 17.2. The molecule has 1 aromatic heterocycles. The Labute approximate surface area is 172 Å². The summed E-state index contributed by atoms with van der Waals surface area (Å²) in [5.74, 6) is 0.906. The van der Waals surface area contributed by atoms with Gasteiger partial charge in [0.05, 0.1) is 18.0 Å². The van der Waals surface area contributed by atoms with Gasteiger partial charge in [-0.15, -0.1) is 0 Å². The van der Waals surface area contributed by atoms with Gasteiger partial charge in [-0.3, -0.25) is 4.21 Å². The van der Waals surface area contributed by atoms with Crippen LogP contribution < -0.4 is 0 Å². The average molecular weight is 409 g/mol. The largest absolute Gasteiger partial charge is 0.259 e. The third kappa shape index (κ3) is 4.03. The van der Waals surface area contributed by atoms with Gasteiger partial charge in [0.2, 0.25) is 0 Å². The summed E-state index contributed by atoms with van der Waals surface area (Å²) in [5.41, 5.74) is 3.94. The Morgan fingerprint density at radius 2 is 1.64 bits per heavy atom. The molecule has 0 amide bonds. The van der Waals surface area contributed by atoms with Crippen LogP contribution in [0.5, 0.6) is 0 Å². The van der Waals surface area contributed by atoms with Crippen molar-refractivity contribution in [1.29, 1.82) is 0 Å². The van der Waals surface area contributed by atoms with Crippen LogP contribution in [0.1, 0.15) is 22.4 Å². The normalized spacial score (nSPS) is 12.4. The van der Waals surface area contributed by atoms with Crippen molar-refractivity contribution in [3.8, 4) is 0 Å². The van der Waals surface area contributed by atoms with Crippen LogP contribution >= 0.6 is 11.6 Å². The first-order valence-electron chi connectivity index (χ1n) is 9.19. The maximum atomic E-state index is 12.9. The topological polar surface area (TPSA) is 34.9 Å².